The Hall–Kier alpha value is -3.32. The molecule has 0 aliphatic heterocycles. The third kappa shape index (κ3) is 4.80. The molecular formula is C23H24N2O4S. The van der Waals surface area contributed by atoms with E-state index in [2.05, 4.69) is 5.32 Å². The van der Waals surface area contributed by atoms with E-state index in [0.29, 0.717) is 17.8 Å². The fraction of sp³-hybridized carbons (Fsp3) is 0.174. The van der Waals surface area contributed by atoms with Crippen LogP contribution in [0.1, 0.15) is 21.5 Å². The van der Waals surface area contributed by atoms with Crippen LogP contribution in [0.3, 0.4) is 0 Å². The van der Waals surface area contributed by atoms with Gasteiger partial charge in [0.1, 0.15) is 5.75 Å². The number of nitrogens with one attached hydrogen (secondary N) is 1. The van der Waals surface area contributed by atoms with Gasteiger partial charge in [-0.1, -0.05) is 29.8 Å². The van der Waals surface area contributed by atoms with E-state index in [0.717, 1.165) is 16.9 Å². The van der Waals surface area contributed by atoms with Gasteiger partial charge in [-0.15, -0.1) is 0 Å². The van der Waals surface area contributed by atoms with E-state index >= 15 is 0 Å². The Labute approximate surface area is 177 Å². The predicted octanol–water partition coefficient (Wildman–Crippen LogP) is 3.76. The molecule has 0 fully saturated rings. The molecule has 1 amide bonds. The van der Waals surface area contributed by atoms with Crippen LogP contribution in [0.4, 0.5) is 5.69 Å². The normalized spacial score (nSPS) is 11.0. The number of ether oxygens (including phenoxy) is 1. The summed E-state index contributed by atoms with van der Waals surface area (Å²) in [6.45, 7) is 2.26. The molecule has 0 heterocycles. The number of hydrogen-bond acceptors (Lipinski definition) is 4. The molecule has 1 N–H and O–H groups in total. The van der Waals surface area contributed by atoms with E-state index in [1.807, 2.05) is 31.2 Å². The molecule has 0 unspecified atom stereocenters. The van der Waals surface area contributed by atoms with Crippen LogP contribution < -0.4 is 14.4 Å². The van der Waals surface area contributed by atoms with Gasteiger partial charge in [0.2, 0.25) is 0 Å². The zero-order chi connectivity index (χ0) is 21.7. The number of rotatable bonds is 7. The zero-order valence-corrected chi connectivity index (χ0v) is 17.9. The average molecular weight is 425 g/mol. The molecule has 6 nitrogen and oxygen atoms in total. The lowest BCUT2D eigenvalue weighted by Gasteiger charge is -2.20. The lowest BCUT2D eigenvalue weighted by molar-refractivity contribution is 0.0951. The monoisotopic (exact) mass is 424 g/mol. The molecule has 0 radical (unpaired) electrons. The van der Waals surface area contributed by atoms with Gasteiger partial charge in [0.05, 0.1) is 17.7 Å². The molecule has 0 aliphatic carbocycles. The van der Waals surface area contributed by atoms with Crippen molar-refractivity contribution in [3.05, 3.63) is 89.5 Å². The van der Waals surface area contributed by atoms with E-state index in [1.54, 1.807) is 55.6 Å². The van der Waals surface area contributed by atoms with Crippen molar-refractivity contribution in [3.63, 3.8) is 0 Å². The maximum absolute atomic E-state index is 12.8. The summed E-state index contributed by atoms with van der Waals surface area (Å²) in [4.78, 5) is 12.6. The van der Waals surface area contributed by atoms with Gasteiger partial charge in [-0.2, -0.15) is 0 Å². The lowest BCUT2D eigenvalue weighted by Crippen LogP contribution is -2.27. The summed E-state index contributed by atoms with van der Waals surface area (Å²) in [5, 5.41) is 2.85. The third-order valence-corrected chi connectivity index (χ3v) is 6.56. The molecule has 0 saturated heterocycles. The van der Waals surface area contributed by atoms with Gasteiger partial charge in [-0.05, 0) is 61.0 Å². The molecule has 3 aromatic carbocycles. The van der Waals surface area contributed by atoms with Crippen LogP contribution in [0.5, 0.6) is 5.75 Å². The molecule has 0 atom stereocenters. The van der Waals surface area contributed by atoms with E-state index in [4.69, 9.17) is 4.74 Å². The van der Waals surface area contributed by atoms with E-state index in [1.165, 1.54) is 11.4 Å². The minimum absolute atomic E-state index is 0.218. The summed E-state index contributed by atoms with van der Waals surface area (Å²) in [5.74, 6) is 0.484. The highest BCUT2D eigenvalue weighted by Gasteiger charge is 2.21. The fourth-order valence-corrected chi connectivity index (χ4v) is 4.09. The Bertz CT molecular complexity index is 1120. The zero-order valence-electron chi connectivity index (χ0n) is 17.1. The Balaban J connectivity index is 1.69. The fourth-order valence-electron chi connectivity index (χ4n) is 2.90. The van der Waals surface area contributed by atoms with Crippen LogP contribution in [-0.4, -0.2) is 28.5 Å². The highest BCUT2D eigenvalue weighted by atomic mass is 32.2. The summed E-state index contributed by atoms with van der Waals surface area (Å²) in [6, 6.07) is 20.6. The van der Waals surface area contributed by atoms with Crippen LogP contribution in [0.15, 0.2) is 77.7 Å². The summed E-state index contributed by atoms with van der Waals surface area (Å²) in [6.07, 6.45) is 0. The number of aryl methyl sites for hydroxylation is 1. The van der Waals surface area contributed by atoms with Crippen molar-refractivity contribution < 1.29 is 17.9 Å². The highest BCUT2D eigenvalue weighted by molar-refractivity contribution is 7.92. The highest BCUT2D eigenvalue weighted by Crippen LogP contribution is 2.23. The van der Waals surface area contributed by atoms with Gasteiger partial charge in [0, 0.05) is 19.2 Å². The molecule has 0 spiro atoms. The number of carbonyl (C=O) groups excluding carboxylic acids is 1. The van der Waals surface area contributed by atoms with Crippen molar-refractivity contribution in [3.8, 4) is 5.75 Å². The minimum atomic E-state index is -3.67. The smallest absolute Gasteiger partial charge is 0.264 e. The number of nitrogens with zero attached hydrogens (tertiary/aromatic N) is 1. The third-order valence-electron chi connectivity index (χ3n) is 4.76. The number of sulfonamides is 1. The molecule has 3 rings (SSSR count). The van der Waals surface area contributed by atoms with E-state index in [-0.39, 0.29) is 10.8 Å². The SMILES string of the molecule is COc1cccc(CNC(=O)c2ccc(N(C)S(=O)(=O)c3ccc(C)cc3)cc2)c1. The van der Waals surface area contributed by atoms with Crippen molar-refractivity contribution >= 4 is 21.6 Å². The first kappa shape index (κ1) is 21.4. The first-order valence-electron chi connectivity index (χ1n) is 9.38. The van der Waals surface area contributed by atoms with Crippen LogP contribution in [0.25, 0.3) is 0 Å². The lowest BCUT2D eigenvalue weighted by atomic mass is 10.1. The summed E-state index contributed by atoms with van der Waals surface area (Å²) < 4.78 is 32.0. The summed E-state index contributed by atoms with van der Waals surface area (Å²) >= 11 is 0. The molecular weight excluding hydrogens is 400 g/mol. The summed E-state index contributed by atoms with van der Waals surface area (Å²) in [5.41, 5.74) is 2.83. The number of methoxy groups -OCH3 is 1. The van der Waals surface area contributed by atoms with Crippen LogP contribution in [0.2, 0.25) is 0 Å². The second kappa shape index (κ2) is 9.00. The quantitative estimate of drug-likeness (QED) is 0.627. The Morgan fingerprint density at radius 3 is 2.30 bits per heavy atom. The standard InChI is InChI=1S/C23H24N2O4S/c1-17-7-13-22(14-8-17)30(27,28)25(2)20-11-9-19(10-12-20)23(26)24-16-18-5-4-6-21(15-18)29-3/h4-15H,16H2,1-3H3,(H,24,26). The van der Waals surface area contributed by atoms with E-state index < -0.39 is 10.0 Å². The number of anilines is 1. The van der Waals surface area contributed by atoms with Gasteiger partial charge >= 0.3 is 0 Å². The van der Waals surface area contributed by atoms with Crippen LogP contribution >= 0.6 is 0 Å². The van der Waals surface area contributed by atoms with Crippen molar-refractivity contribution in [1.29, 1.82) is 0 Å². The molecule has 30 heavy (non-hydrogen) atoms. The molecule has 7 heteroatoms. The first-order valence-corrected chi connectivity index (χ1v) is 10.8. The summed E-state index contributed by atoms with van der Waals surface area (Å²) in [7, 11) is -0.588. The first-order chi connectivity index (χ1) is 14.3. The molecule has 156 valence electrons. The predicted molar refractivity (Wildman–Crippen MR) is 117 cm³/mol. The molecule has 0 aliphatic rings. The maximum atomic E-state index is 12.8. The number of benzene rings is 3. The number of carbonyl (C=O) groups is 1. The second-order valence-corrected chi connectivity index (χ2v) is 8.84. The minimum Gasteiger partial charge on any atom is -0.497 e. The van der Waals surface area contributed by atoms with Gasteiger partial charge in [0.25, 0.3) is 15.9 Å². The van der Waals surface area contributed by atoms with Crippen molar-refractivity contribution in [2.75, 3.05) is 18.5 Å². The van der Waals surface area contributed by atoms with Crippen molar-refractivity contribution in [2.45, 2.75) is 18.4 Å². The van der Waals surface area contributed by atoms with Gasteiger partial charge in [-0.3, -0.25) is 9.10 Å². The van der Waals surface area contributed by atoms with Crippen LogP contribution in [0, 0.1) is 6.92 Å². The Kier molecular flexibility index (Phi) is 6.42. The molecule has 3 aromatic rings. The Morgan fingerprint density at radius 1 is 1.00 bits per heavy atom. The number of amides is 1. The second-order valence-electron chi connectivity index (χ2n) is 6.87. The van der Waals surface area contributed by atoms with E-state index in [9.17, 15) is 13.2 Å². The molecule has 0 bridgehead atoms. The van der Waals surface area contributed by atoms with Gasteiger partial charge < -0.3 is 10.1 Å². The average Bonchev–Trinajstić information content (AvgIpc) is 2.77. The van der Waals surface area contributed by atoms with Crippen LogP contribution in [-0.2, 0) is 16.6 Å². The van der Waals surface area contributed by atoms with Crippen molar-refractivity contribution in [2.24, 2.45) is 0 Å². The maximum Gasteiger partial charge on any atom is 0.264 e. The van der Waals surface area contributed by atoms with Gasteiger partial charge in [-0.25, -0.2) is 8.42 Å². The Morgan fingerprint density at radius 2 is 1.67 bits per heavy atom. The molecule has 0 saturated carbocycles. The largest absolute Gasteiger partial charge is 0.497 e. The molecule has 0 aromatic heterocycles. The number of hydrogen-bond donors (Lipinski definition) is 1. The van der Waals surface area contributed by atoms with Crippen molar-refractivity contribution in [1.82, 2.24) is 5.32 Å². The topological polar surface area (TPSA) is 75.7 Å². The van der Waals surface area contributed by atoms with Gasteiger partial charge in [0.15, 0.2) is 0 Å².